The van der Waals surface area contributed by atoms with Crippen molar-refractivity contribution in [2.75, 3.05) is 6.54 Å². The first-order valence-electron chi connectivity index (χ1n) is 9.05. The van der Waals surface area contributed by atoms with E-state index in [2.05, 4.69) is 26.1 Å². The highest BCUT2D eigenvalue weighted by Gasteiger charge is 2.16. The molecule has 140 valence electrons. The van der Waals surface area contributed by atoms with Crippen LogP contribution in [0.2, 0.25) is 5.02 Å². The molecule has 0 aliphatic rings. The molecule has 0 radical (unpaired) electrons. The second-order valence-electron chi connectivity index (χ2n) is 7.52. The highest BCUT2D eigenvalue weighted by molar-refractivity contribution is 6.31. The summed E-state index contributed by atoms with van der Waals surface area (Å²) in [5, 5.41) is 3.69. The van der Waals surface area contributed by atoms with Crippen LogP contribution in [0.15, 0.2) is 48.5 Å². The number of carbonyl (C=O) groups is 1. The van der Waals surface area contributed by atoms with Gasteiger partial charge in [-0.25, -0.2) is 0 Å². The molecule has 26 heavy (non-hydrogen) atoms. The average Bonchev–Trinajstić information content (AvgIpc) is 2.59. The quantitative estimate of drug-likeness (QED) is 0.681. The molecule has 0 spiro atoms. The number of rotatable bonds is 7. The van der Waals surface area contributed by atoms with E-state index >= 15 is 0 Å². The molecule has 1 amide bonds. The van der Waals surface area contributed by atoms with Crippen molar-refractivity contribution in [3.63, 3.8) is 0 Å². The first kappa shape index (κ1) is 20.3. The number of hydrogen-bond acceptors (Lipinski definition) is 2. The molecule has 4 heteroatoms. The van der Waals surface area contributed by atoms with Gasteiger partial charge in [-0.05, 0) is 54.5 Å². The minimum absolute atomic E-state index is 0.100. The Labute approximate surface area is 161 Å². The summed E-state index contributed by atoms with van der Waals surface area (Å²) >= 11 is 6.14. The maximum absolute atomic E-state index is 12.2. The highest BCUT2D eigenvalue weighted by Crippen LogP contribution is 2.24. The Morgan fingerprint density at radius 1 is 1.12 bits per heavy atom. The predicted octanol–water partition coefficient (Wildman–Crippen LogP) is 5.15. The lowest BCUT2D eigenvalue weighted by molar-refractivity contribution is -0.127. The molecule has 1 N–H and O–H groups in total. The maximum Gasteiger partial charge on any atom is 0.260 e. The molecule has 0 saturated heterocycles. The highest BCUT2D eigenvalue weighted by atomic mass is 35.5. The molecule has 0 aliphatic carbocycles. The Kier molecular flexibility index (Phi) is 7.10. The van der Waals surface area contributed by atoms with E-state index in [0.717, 1.165) is 23.4 Å². The minimum Gasteiger partial charge on any atom is -0.481 e. The second kappa shape index (κ2) is 9.09. The summed E-state index contributed by atoms with van der Waals surface area (Å²) in [7, 11) is 0. The summed E-state index contributed by atoms with van der Waals surface area (Å²) in [6.45, 7) is 8.87. The van der Waals surface area contributed by atoms with Crippen LogP contribution in [-0.4, -0.2) is 18.6 Å². The van der Waals surface area contributed by atoms with Gasteiger partial charge in [0.15, 0.2) is 6.10 Å². The summed E-state index contributed by atoms with van der Waals surface area (Å²) in [5.41, 5.74) is 2.44. The van der Waals surface area contributed by atoms with Gasteiger partial charge in [-0.15, -0.1) is 0 Å². The molecule has 0 aliphatic heterocycles. The minimum atomic E-state index is -0.532. The number of carbonyl (C=O) groups excluding carboxylic acids is 1. The molecule has 0 unspecified atom stereocenters. The van der Waals surface area contributed by atoms with Crippen LogP contribution in [0.5, 0.6) is 5.75 Å². The van der Waals surface area contributed by atoms with Gasteiger partial charge in [0, 0.05) is 11.6 Å². The van der Waals surface area contributed by atoms with E-state index in [1.165, 1.54) is 5.56 Å². The van der Waals surface area contributed by atoms with Gasteiger partial charge in [0.05, 0.1) is 0 Å². The van der Waals surface area contributed by atoms with Crippen molar-refractivity contribution in [1.82, 2.24) is 5.32 Å². The van der Waals surface area contributed by atoms with E-state index in [9.17, 15) is 4.79 Å². The lowest BCUT2D eigenvalue weighted by Crippen LogP contribution is -2.36. The van der Waals surface area contributed by atoms with E-state index in [1.54, 1.807) is 6.92 Å². The molecule has 0 saturated carbocycles. The molecule has 2 aromatic rings. The number of amides is 1. The van der Waals surface area contributed by atoms with E-state index in [1.807, 2.05) is 48.5 Å². The van der Waals surface area contributed by atoms with Crippen LogP contribution in [0.25, 0.3) is 0 Å². The first-order valence-corrected chi connectivity index (χ1v) is 9.43. The monoisotopic (exact) mass is 373 g/mol. The third kappa shape index (κ3) is 6.06. The lowest BCUT2D eigenvalue weighted by atomic mass is 9.87. The predicted molar refractivity (Wildman–Crippen MR) is 108 cm³/mol. The van der Waals surface area contributed by atoms with Gasteiger partial charge in [0.1, 0.15) is 5.75 Å². The van der Waals surface area contributed by atoms with Crippen LogP contribution in [0.4, 0.5) is 0 Å². The Balaban J connectivity index is 1.76. The molecule has 0 heterocycles. The van der Waals surface area contributed by atoms with Crippen LogP contribution in [-0.2, 0) is 16.6 Å². The molecule has 2 aromatic carbocycles. The Hall–Kier alpha value is -2.00. The van der Waals surface area contributed by atoms with Crippen molar-refractivity contribution in [3.8, 4) is 5.75 Å². The number of halogens is 1. The van der Waals surface area contributed by atoms with E-state index in [0.29, 0.717) is 12.3 Å². The smallest absolute Gasteiger partial charge is 0.260 e. The second-order valence-corrected chi connectivity index (χ2v) is 7.93. The van der Waals surface area contributed by atoms with Crippen LogP contribution in [0, 0.1) is 0 Å². The average molecular weight is 374 g/mol. The van der Waals surface area contributed by atoms with E-state index < -0.39 is 6.10 Å². The summed E-state index contributed by atoms with van der Waals surface area (Å²) in [4.78, 5) is 12.2. The van der Waals surface area contributed by atoms with Gasteiger partial charge in [-0.2, -0.15) is 0 Å². The number of ether oxygens (including phenoxy) is 1. The molecule has 1 atom stereocenters. The van der Waals surface area contributed by atoms with Crippen molar-refractivity contribution in [2.45, 2.75) is 52.1 Å². The number of benzene rings is 2. The number of hydrogen-bond donors (Lipinski definition) is 1. The molecule has 3 nitrogen and oxygen atoms in total. The SMILES string of the molecule is C[C@H](Oc1ccc(C(C)(C)C)cc1)C(=O)NCCCc1ccccc1Cl. The van der Waals surface area contributed by atoms with Crippen LogP contribution < -0.4 is 10.1 Å². The topological polar surface area (TPSA) is 38.3 Å². The number of aryl methyl sites for hydroxylation is 1. The third-order valence-corrected chi connectivity index (χ3v) is 4.65. The molecular formula is C22H28ClNO2. The zero-order valence-corrected chi connectivity index (χ0v) is 16.8. The number of nitrogens with one attached hydrogen (secondary N) is 1. The van der Waals surface area contributed by atoms with Crippen LogP contribution in [0.1, 0.15) is 45.2 Å². The molecule has 0 bridgehead atoms. The Morgan fingerprint density at radius 2 is 1.77 bits per heavy atom. The summed E-state index contributed by atoms with van der Waals surface area (Å²) in [5.74, 6) is 0.598. The van der Waals surface area contributed by atoms with Crippen molar-refractivity contribution >= 4 is 17.5 Å². The molecule has 2 rings (SSSR count). The lowest BCUT2D eigenvalue weighted by Gasteiger charge is -2.20. The van der Waals surface area contributed by atoms with Gasteiger partial charge in [-0.1, -0.05) is 62.7 Å². The Bertz CT molecular complexity index is 720. The van der Waals surface area contributed by atoms with Gasteiger partial charge in [-0.3, -0.25) is 4.79 Å². The van der Waals surface area contributed by atoms with Crippen molar-refractivity contribution in [2.24, 2.45) is 0 Å². The van der Waals surface area contributed by atoms with Gasteiger partial charge in [0.2, 0.25) is 0 Å². The molecular weight excluding hydrogens is 346 g/mol. The van der Waals surface area contributed by atoms with Crippen LogP contribution in [0.3, 0.4) is 0 Å². The standard InChI is InChI=1S/C22H28ClNO2/c1-16(26-19-13-11-18(12-14-19)22(2,3)4)21(25)24-15-7-9-17-8-5-6-10-20(17)23/h5-6,8,10-14,16H,7,9,15H2,1-4H3,(H,24,25)/t16-/m0/s1. The summed E-state index contributed by atoms with van der Waals surface area (Å²) in [6.07, 6.45) is 1.14. The Morgan fingerprint density at radius 3 is 2.38 bits per heavy atom. The zero-order valence-electron chi connectivity index (χ0n) is 16.0. The van der Waals surface area contributed by atoms with Crippen molar-refractivity contribution < 1.29 is 9.53 Å². The summed E-state index contributed by atoms with van der Waals surface area (Å²) < 4.78 is 5.75. The first-order chi connectivity index (χ1) is 12.3. The fourth-order valence-corrected chi connectivity index (χ4v) is 2.86. The van der Waals surface area contributed by atoms with Crippen molar-refractivity contribution in [3.05, 3.63) is 64.7 Å². The fraction of sp³-hybridized carbons (Fsp3) is 0.409. The van der Waals surface area contributed by atoms with Gasteiger partial charge < -0.3 is 10.1 Å². The summed E-state index contributed by atoms with van der Waals surface area (Å²) in [6, 6.07) is 15.7. The largest absolute Gasteiger partial charge is 0.481 e. The van der Waals surface area contributed by atoms with Gasteiger partial charge >= 0.3 is 0 Å². The van der Waals surface area contributed by atoms with E-state index in [-0.39, 0.29) is 11.3 Å². The van der Waals surface area contributed by atoms with Crippen LogP contribution >= 0.6 is 11.6 Å². The van der Waals surface area contributed by atoms with Crippen molar-refractivity contribution in [1.29, 1.82) is 0 Å². The molecule has 0 fully saturated rings. The zero-order chi connectivity index (χ0) is 19.2. The fourth-order valence-electron chi connectivity index (χ4n) is 2.63. The maximum atomic E-state index is 12.2. The van der Waals surface area contributed by atoms with Gasteiger partial charge in [0.25, 0.3) is 5.91 Å². The normalized spacial score (nSPS) is 12.5. The molecule has 0 aromatic heterocycles. The van der Waals surface area contributed by atoms with E-state index in [4.69, 9.17) is 16.3 Å². The third-order valence-electron chi connectivity index (χ3n) is 4.28.